The lowest BCUT2D eigenvalue weighted by atomic mass is 10.0. The van der Waals surface area contributed by atoms with Crippen molar-refractivity contribution < 1.29 is 30.3 Å². The summed E-state index contributed by atoms with van der Waals surface area (Å²) in [5, 5.41) is 48.7. The van der Waals surface area contributed by atoms with E-state index in [-0.39, 0.29) is 5.25 Å². The van der Waals surface area contributed by atoms with Gasteiger partial charge in [0.05, 0.1) is 12.7 Å². The van der Waals surface area contributed by atoms with Gasteiger partial charge in [0.15, 0.2) is 0 Å². The van der Waals surface area contributed by atoms with Crippen LogP contribution < -0.4 is 0 Å². The quantitative estimate of drug-likeness (QED) is 0.495. The highest BCUT2D eigenvalue weighted by molar-refractivity contribution is 8.00. The van der Waals surface area contributed by atoms with Crippen molar-refractivity contribution in [2.24, 2.45) is 0 Å². The van der Waals surface area contributed by atoms with Gasteiger partial charge >= 0.3 is 0 Å². The molecule has 0 aliphatic carbocycles. The summed E-state index contributed by atoms with van der Waals surface area (Å²) in [6.45, 7) is 1.23. The Morgan fingerprint density at radius 2 is 1.74 bits per heavy atom. The van der Waals surface area contributed by atoms with Crippen LogP contribution in [0.4, 0.5) is 0 Å². The SMILES string of the molecule is CC(O)CC(S[C@@H]1O[C@H](CO)[C@H](O)[C@H](O)[C@H]1O)c1ccccc1. The van der Waals surface area contributed by atoms with Gasteiger partial charge in [0.2, 0.25) is 0 Å². The smallest absolute Gasteiger partial charge is 0.132 e. The van der Waals surface area contributed by atoms with Crippen LogP contribution in [0.1, 0.15) is 24.2 Å². The number of rotatable bonds is 6. The zero-order chi connectivity index (χ0) is 17.0. The molecular weight excluding hydrogens is 320 g/mol. The van der Waals surface area contributed by atoms with Crippen LogP contribution >= 0.6 is 11.8 Å². The summed E-state index contributed by atoms with van der Waals surface area (Å²) in [7, 11) is 0. The van der Waals surface area contributed by atoms with E-state index in [1.54, 1.807) is 6.92 Å². The molecule has 130 valence electrons. The van der Waals surface area contributed by atoms with Crippen molar-refractivity contribution in [2.75, 3.05) is 6.61 Å². The number of benzene rings is 1. The fourth-order valence-electron chi connectivity index (χ4n) is 2.59. The van der Waals surface area contributed by atoms with Crippen molar-refractivity contribution in [3.8, 4) is 0 Å². The van der Waals surface area contributed by atoms with Crippen LogP contribution in [0.5, 0.6) is 0 Å². The molecule has 1 saturated heterocycles. The van der Waals surface area contributed by atoms with Crippen molar-refractivity contribution in [3.63, 3.8) is 0 Å². The van der Waals surface area contributed by atoms with E-state index in [4.69, 9.17) is 4.74 Å². The lowest BCUT2D eigenvalue weighted by Crippen LogP contribution is -2.57. The minimum atomic E-state index is -1.39. The zero-order valence-corrected chi connectivity index (χ0v) is 13.7. The Morgan fingerprint density at radius 1 is 1.09 bits per heavy atom. The minimum absolute atomic E-state index is 0.155. The Hall–Kier alpha value is -0.670. The van der Waals surface area contributed by atoms with Gasteiger partial charge in [-0.2, -0.15) is 0 Å². The number of hydrogen-bond donors (Lipinski definition) is 5. The van der Waals surface area contributed by atoms with Gasteiger partial charge in [0.1, 0.15) is 29.9 Å². The van der Waals surface area contributed by atoms with Crippen molar-refractivity contribution in [3.05, 3.63) is 35.9 Å². The molecule has 1 aromatic carbocycles. The first-order valence-electron chi connectivity index (χ1n) is 7.63. The van der Waals surface area contributed by atoms with Crippen LogP contribution in [0.25, 0.3) is 0 Å². The Balaban J connectivity index is 2.14. The van der Waals surface area contributed by atoms with E-state index in [0.717, 1.165) is 5.56 Å². The molecule has 23 heavy (non-hydrogen) atoms. The molecule has 6 nitrogen and oxygen atoms in total. The van der Waals surface area contributed by atoms with E-state index < -0.39 is 42.6 Å². The molecule has 7 atom stereocenters. The van der Waals surface area contributed by atoms with Crippen LogP contribution in [0, 0.1) is 0 Å². The molecule has 0 saturated carbocycles. The third-order valence-corrected chi connectivity index (χ3v) is 5.32. The molecule has 1 aliphatic rings. The monoisotopic (exact) mass is 344 g/mol. The molecule has 1 aliphatic heterocycles. The summed E-state index contributed by atoms with van der Waals surface area (Å²) in [5.41, 5.74) is 0.157. The second kappa shape index (κ2) is 8.43. The number of aliphatic hydroxyl groups is 5. The van der Waals surface area contributed by atoms with E-state index in [0.29, 0.717) is 6.42 Å². The molecule has 0 aromatic heterocycles. The van der Waals surface area contributed by atoms with Crippen molar-refractivity contribution >= 4 is 11.8 Å². The number of aliphatic hydroxyl groups excluding tert-OH is 5. The molecule has 1 fully saturated rings. The summed E-state index contributed by atoms with van der Waals surface area (Å²) >= 11 is 1.27. The fourth-order valence-corrected chi connectivity index (χ4v) is 4.15. The molecule has 0 bridgehead atoms. The third-order valence-electron chi connectivity index (χ3n) is 3.87. The first kappa shape index (κ1) is 18.7. The van der Waals surface area contributed by atoms with Gasteiger partial charge in [0, 0.05) is 5.25 Å². The van der Waals surface area contributed by atoms with Crippen LogP contribution in [0.15, 0.2) is 30.3 Å². The Bertz CT molecular complexity index is 469. The summed E-state index contributed by atoms with van der Waals surface area (Å²) in [4.78, 5) is 0. The number of ether oxygens (including phenoxy) is 1. The first-order valence-corrected chi connectivity index (χ1v) is 8.57. The first-order chi connectivity index (χ1) is 10.9. The topological polar surface area (TPSA) is 110 Å². The maximum absolute atomic E-state index is 10.2. The predicted molar refractivity (Wildman–Crippen MR) is 86.8 cm³/mol. The van der Waals surface area contributed by atoms with Gasteiger partial charge in [-0.3, -0.25) is 0 Å². The highest BCUT2D eigenvalue weighted by Gasteiger charge is 2.44. The van der Waals surface area contributed by atoms with Crippen molar-refractivity contribution in [2.45, 2.75) is 54.6 Å². The second-order valence-electron chi connectivity index (χ2n) is 5.82. The average molecular weight is 344 g/mol. The van der Waals surface area contributed by atoms with E-state index in [2.05, 4.69) is 0 Å². The second-order valence-corrected chi connectivity index (χ2v) is 7.12. The summed E-state index contributed by atoms with van der Waals surface area (Å²) in [5.74, 6) is 0. The van der Waals surface area contributed by atoms with Crippen LogP contribution in [-0.2, 0) is 4.74 Å². The molecule has 1 aromatic rings. The molecule has 7 heteroatoms. The normalized spacial score (nSPS) is 34.1. The lowest BCUT2D eigenvalue weighted by molar-refractivity contribution is -0.205. The van der Waals surface area contributed by atoms with Crippen molar-refractivity contribution in [1.29, 1.82) is 0 Å². The maximum atomic E-state index is 10.2. The highest BCUT2D eigenvalue weighted by Crippen LogP contribution is 2.40. The molecule has 0 amide bonds. The van der Waals surface area contributed by atoms with Gasteiger partial charge in [-0.05, 0) is 18.9 Å². The summed E-state index contributed by atoms with van der Waals surface area (Å²) in [6, 6.07) is 9.51. The number of thioether (sulfide) groups is 1. The third kappa shape index (κ3) is 4.67. The van der Waals surface area contributed by atoms with Gasteiger partial charge < -0.3 is 30.3 Å². The van der Waals surface area contributed by atoms with Crippen LogP contribution in [0.3, 0.4) is 0 Å². The largest absolute Gasteiger partial charge is 0.394 e. The molecule has 1 heterocycles. The van der Waals surface area contributed by atoms with E-state index in [1.165, 1.54) is 11.8 Å². The van der Waals surface area contributed by atoms with Gasteiger partial charge in [-0.15, -0.1) is 11.8 Å². The zero-order valence-electron chi connectivity index (χ0n) is 12.9. The summed E-state index contributed by atoms with van der Waals surface area (Å²) < 4.78 is 5.54. The molecular formula is C16H24O6S. The lowest BCUT2D eigenvalue weighted by Gasteiger charge is -2.40. The van der Waals surface area contributed by atoms with E-state index in [9.17, 15) is 25.5 Å². The standard InChI is InChI=1S/C16H24O6S/c1-9(18)7-12(10-5-3-2-4-6-10)23-16-15(21)14(20)13(19)11(8-17)22-16/h2-6,9,11-21H,7-8H2,1H3/t9?,11-,12?,13+,14+,15-,16+/m1/s1. The Kier molecular flexibility index (Phi) is 6.84. The van der Waals surface area contributed by atoms with E-state index >= 15 is 0 Å². The van der Waals surface area contributed by atoms with Crippen molar-refractivity contribution in [1.82, 2.24) is 0 Å². The summed E-state index contributed by atoms with van der Waals surface area (Å²) in [6.07, 6.45) is -5.05. The fraction of sp³-hybridized carbons (Fsp3) is 0.625. The van der Waals surface area contributed by atoms with Crippen LogP contribution in [-0.4, -0.2) is 68.1 Å². The predicted octanol–water partition coefficient (Wildman–Crippen LogP) is 0.0317. The number of hydrogen-bond acceptors (Lipinski definition) is 7. The highest BCUT2D eigenvalue weighted by atomic mass is 32.2. The molecule has 0 radical (unpaired) electrons. The van der Waals surface area contributed by atoms with Gasteiger partial charge in [-0.25, -0.2) is 0 Å². The maximum Gasteiger partial charge on any atom is 0.132 e. The average Bonchev–Trinajstić information content (AvgIpc) is 2.55. The van der Waals surface area contributed by atoms with E-state index in [1.807, 2.05) is 30.3 Å². The Morgan fingerprint density at radius 3 is 2.30 bits per heavy atom. The molecule has 2 rings (SSSR count). The minimum Gasteiger partial charge on any atom is -0.394 e. The van der Waals surface area contributed by atoms with Crippen LogP contribution in [0.2, 0.25) is 0 Å². The van der Waals surface area contributed by atoms with Gasteiger partial charge in [-0.1, -0.05) is 30.3 Å². The molecule has 0 spiro atoms. The molecule has 5 N–H and O–H groups in total. The van der Waals surface area contributed by atoms with Gasteiger partial charge in [0.25, 0.3) is 0 Å². The molecule has 2 unspecified atom stereocenters. The Labute approximate surface area is 139 Å².